The van der Waals surface area contributed by atoms with Crippen molar-refractivity contribution in [1.29, 1.82) is 0 Å². The number of nitrogens with one attached hydrogen (secondary N) is 2. The quantitative estimate of drug-likeness (QED) is 0.699. The van der Waals surface area contributed by atoms with Crippen molar-refractivity contribution in [2.45, 2.75) is 12.5 Å². The lowest BCUT2D eigenvalue weighted by atomic mass is 9.99. The lowest BCUT2D eigenvalue weighted by Gasteiger charge is -2.20. The maximum Gasteiger partial charge on any atom is 0.234 e. The molecule has 0 radical (unpaired) electrons. The van der Waals surface area contributed by atoms with E-state index in [1.807, 2.05) is 48.5 Å². The first kappa shape index (κ1) is 17.2. The van der Waals surface area contributed by atoms with E-state index in [2.05, 4.69) is 22.8 Å². The Kier molecular flexibility index (Phi) is 7.30. The SMILES string of the molecule is COCCNCC(=O)NC(Cc1ccccc1)c1ccccc1. The molecule has 0 aliphatic carbocycles. The Balaban J connectivity index is 1.98. The Bertz CT molecular complexity index is 572. The minimum absolute atomic E-state index is 0.00844. The molecule has 2 aromatic carbocycles. The molecular formula is C19H24N2O2. The lowest BCUT2D eigenvalue weighted by molar-refractivity contribution is -0.121. The highest BCUT2D eigenvalue weighted by Gasteiger charge is 2.14. The molecule has 0 heterocycles. The van der Waals surface area contributed by atoms with Crippen molar-refractivity contribution in [1.82, 2.24) is 10.6 Å². The lowest BCUT2D eigenvalue weighted by Crippen LogP contribution is -2.38. The standard InChI is InChI=1S/C19H24N2O2/c1-23-13-12-20-15-19(22)21-18(17-10-6-3-7-11-17)14-16-8-4-2-5-9-16/h2-11,18,20H,12-15H2,1H3,(H,21,22). The minimum atomic E-state index is -0.0321. The van der Waals surface area contributed by atoms with E-state index >= 15 is 0 Å². The number of hydrogen-bond acceptors (Lipinski definition) is 3. The van der Waals surface area contributed by atoms with Crippen molar-refractivity contribution in [3.05, 3.63) is 71.8 Å². The molecule has 23 heavy (non-hydrogen) atoms. The third-order valence-electron chi connectivity index (χ3n) is 3.59. The molecule has 122 valence electrons. The van der Waals surface area contributed by atoms with Gasteiger partial charge in [0.15, 0.2) is 0 Å². The van der Waals surface area contributed by atoms with Crippen LogP contribution in [0.1, 0.15) is 17.2 Å². The molecule has 2 N–H and O–H groups in total. The molecule has 0 aliphatic heterocycles. The van der Waals surface area contributed by atoms with Crippen LogP contribution >= 0.6 is 0 Å². The number of benzene rings is 2. The second-order valence-electron chi connectivity index (χ2n) is 5.39. The van der Waals surface area contributed by atoms with Crippen molar-refractivity contribution >= 4 is 5.91 Å². The molecule has 1 unspecified atom stereocenters. The Hall–Kier alpha value is -2.17. The zero-order chi connectivity index (χ0) is 16.3. The van der Waals surface area contributed by atoms with E-state index in [0.717, 1.165) is 12.0 Å². The van der Waals surface area contributed by atoms with Crippen molar-refractivity contribution in [2.24, 2.45) is 0 Å². The molecule has 2 aromatic rings. The highest BCUT2D eigenvalue weighted by Crippen LogP contribution is 2.18. The third kappa shape index (κ3) is 6.22. The monoisotopic (exact) mass is 312 g/mol. The smallest absolute Gasteiger partial charge is 0.234 e. The number of hydrogen-bond donors (Lipinski definition) is 2. The molecule has 0 aromatic heterocycles. The normalized spacial score (nSPS) is 11.9. The molecule has 0 aliphatic rings. The highest BCUT2D eigenvalue weighted by molar-refractivity contribution is 5.78. The minimum Gasteiger partial charge on any atom is -0.383 e. The summed E-state index contributed by atoms with van der Waals surface area (Å²) >= 11 is 0. The van der Waals surface area contributed by atoms with Crippen LogP contribution in [-0.2, 0) is 16.0 Å². The zero-order valence-electron chi connectivity index (χ0n) is 13.5. The summed E-state index contributed by atoms with van der Waals surface area (Å²) in [6.45, 7) is 1.56. The summed E-state index contributed by atoms with van der Waals surface area (Å²) in [5, 5.41) is 6.19. The zero-order valence-corrected chi connectivity index (χ0v) is 13.5. The van der Waals surface area contributed by atoms with Crippen LogP contribution in [0.2, 0.25) is 0 Å². The van der Waals surface area contributed by atoms with Crippen LogP contribution in [0.4, 0.5) is 0 Å². The van der Waals surface area contributed by atoms with Crippen LogP contribution in [0, 0.1) is 0 Å². The molecule has 4 heteroatoms. The van der Waals surface area contributed by atoms with Gasteiger partial charge in [0.25, 0.3) is 0 Å². The third-order valence-corrected chi connectivity index (χ3v) is 3.59. The van der Waals surface area contributed by atoms with E-state index in [0.29, 0.717) is 19.7 Å². The second kappa shape index (κ2) is 9.77. The van der Waals surface area contributed by atoms with Gasteiger partial charge in [-0.1, -0.05) is 60.7 Å². The fourth-order valence-electron chi connectivity index (χ4n) is 2.41. The molecule has 4 nitrogen and oxygen atoms in total. The largest absolute Gasteiger partial charge is 0.383 e. The number of rotatable bonds is 9. The first-order chi connectivity index (χ1) is 11.3. The second-order valence-corrected chi connectivity index (χ2v) is 5.39. The Morgan fingerprint density at radius 2 is 1.70 bits per heavy atom. The maximum atomic E-state index is 12.2. The van der Waals surface area contributed by atoms with Gasteiger partial charge in [0.2, 0.25) is 5.91 Å². The molecule has 0 fully saturated rings. The van der Waals surface area contributed by atoms with E-state index in [4.69, 9.17) is 4.74 Å². The average Bonchev–Trinajstić information content (AvgIpc) is 2.60. The van der Waals surface area contributed by atoms with Crippen LogP contribution in [0.15, 0.2) is 60.7 Å². The van der Waals surface area contributed by atoms with Crippen LogP contribution < -0.4 is 10.6 Å². The van der Waals surface area contributed by atoms with Gasteiger partial charge in [-0.2, -0.15) is 0 Å². The fourth-order valence-corrected chi connectivity index (χ4v) is 2.41. The number of methoxy groups -OCH3 is 1. The summed E-state index contributed by atoms with van der Waals surface area (Å²) in [5.74, 6) is -0.00844. The van der Waals surface area contributed by atoms with Gasteiger partial charge in [0.1, 0.15) is 0 Å². The summed E-state index contributed by atoms with van der Waals surface area (Å²) in [6, 6.07) is 20.2. The summed E-state index contributed by atoms with van der Waals surface area (Å²) < 4.78 is 4.96. The predicted molar refractivity (Wildman–Crippen MR) is 92.2 cm³/mol. The van der Waals surface area contributed by atoms with Gasteiger partial charge >= 0.3 is 0 Å². The van der Waals surface area contributed by atoms with Crippen LogP contribution in [0.25, 0.3) is 0 Å². The summed E-state index contributed by atoms with van der Waals surface area (Å²) in [7, 11) is 1.65. The average molecular weight is 312 g/mol. The van der Waals surface area contributed by atoms with E-state index in [1.165, 1.54) is 5.56 Å². The Morgan fingerprint density at radius 1 is 1.04 bits per heavy atom. The molecule has 0 bridgehead atoms. The molecule has 1 amide bonds. The highest BCUT2D eigenvalue weighted by atomic mass is 16.5. The molecular weight excluding hydrogens is 288 g/mol. The van der Waals surface area contributed by atoms with Gasteiger partial charge in [-0.3, -0.25) is 4.79 Å². The predicted octanol–water partition coefficient (Wildman–Crippen LogP) is 2.32. The topological polar surface area (TPSA) is 50.4 Å². The molecule has 0 saturated carbocycles. The van der Waals surface area contributed by atoms with Gasteiger partial charge in [0, 0.05) is 13.7 Å². The van der Waals surface area contributed by atoms with Crippen molar-refractivity contribution < 1.29 is 9.53 Å². The van der Waals surface area contributed by atoms with Gasteiger partial charge in [-0.05, 0) is 17.5 Å². The van der Waals surface area contributed by atoms with Crippen molar-refractivity contribution in [3.63, 3.8) is 0 Å². The van der Waals surface area contributed by atoms with Crippen LogP contribution in [0.5, 0.6) is 0 Å². The van der Waals surface area contributed by atoms with Crippen molar-refractivity contribution in [3.8, 4) is 0 Å². The van der Waals surface area contributed by atoms with Crippen LogP contribution in [0.3, 0.4) is 0 Å². The van der Waals surface area contributed by atoms with Gasteiger partial charge < -0.3 is 15.4 Å². The van der Waals surface area contributed by atoms with Gasteiger partial charge in [0.05, 0.1) is 19.2 Å². The molecule has 1 atom stereocenters. The molecule has 0 spiro atoms. The maximum absolute atomic E-state index is 12.2. The van der Waals surface area contributed by atoms with Gasteiger partial charge in [-0.15, -0.1) is 0 Å². The first-order valence-electron chi connectivity index (χ1n) is 7.87. The first-order valence-corrected chi connectivity index (χ1v) is 7.87. The molecule has 0 saturated heterocycles. The van der Waals surface area contributed by atoms with E-state index in [-0.39, 0.29) is 11.9 Å². The summed E-state index contributed by atoms with van der Waals surface area (Å²) in [5.41, 5.74) is 2.32. The Labute approximate surface area is 137 Å². The van der Waals surface area contributed by atoms with Crippen LogP contribution in [-0.4, -0.2) is 32.7 Å². The molecule has 2 rings (SSSR count). The number of carbonyl (C=O) groups excluding carboxylic acids is 1. The summed E-state index contributed by atoms with van der Waals surface area (Å²) in [4.78, 5) is 12.2. The summed E-state index contributed by atoms with van der Waals surface area (Å²) in [6.07, 6.45) is 0.772. The van der Waals surface area contributed by atoms with Gasteiger partial charge in [-0.25, -0.2) is 0 Å². The number of amides is 1. The number of ether oxygens (including phenoxy) is 1. The number of carbonyl (C=O) groups is 1. The van der Waals surface area contributed by atoms with E-state index in [1.54, 1.807) is 7.11 Å². The van der Waals surface area contributed by atoms with E-state index in [9.17, 15) is 4.79 Å². The fraction of sp³-hybridized carbons (Fsp3) is 0.316. The Morgan fingerprint density at radius 3 is 2.35 bits per heavy atom. The van der Waals surface area contributed by atoms with E-state index < -0.39 is 0 Å². The van der Waals surface area contributed by atoms with Crippen molar-refractivity contribution in [2.75, 3.05) is 26.8 Å².